The number of amides is 2. The summed E-state index contributed by atoms with van der Waals surface area (Å²) in [5.41, 5.74) is 4.61. The second-order valence-electron chi connectivity index (χ2n) is 10.1. The molecule has 1 heterocycles. The number of carbonyl (C=O) groups is 2. The van der Waals surface area contributed by atoms with Gasteiger partial charge in [-0.05, 0) is 60.5 Å². The second kappa shape index (κ2) is 13.6. The quantitative estimate of drug-likeness (QED) is 0.274. The minimum Gasteiger partial charge on any atom is -0.497 e. The van der Waals surface area contributed by atoms with E-state index in [0.717, 1.165) is 55.3 Å². The van der Waals surface area contributed by atoms with Crippen LogP contribution in [0.3, 0.4) is 0 Å². The average Bonchev–Trinajstić information content (AvgIpc) is 3.05. The lowest BCUT2D eigenvalue weighted by molar-refractivity contribution is 0.0953. The van der Waals surface area contributed by atoms with Gasteiger partial charge in [0.1, 0.15) is 11.5 Å². The van der Waals surface area contributed by atoms with Crippen LogP contribution >= 0.6 is 0 Å². The van der Waals surface area contributed by atoms with Gasteiger partial charge in [-0.15, -0.1) is 0 Å². The Balaban J connectivity index is 1.34. The van der Waals surface area contributed by atoms with Crippen molar-refractivity contribution in [2.75, 3.05) is 62.1 Å². The normalized spacial score (nSPS) is 12.9. The van der Waals surface area contributed by atoms with Crippen molar-refractivity contribution in [3.8, 4) is 11.5 Å². The van der Waals surface area contributed by atoms with Gasteiger partial charge in [0.15, 0.2) is 0 Å². The molecule has 0 unspecified atom stereocenters. The van der Waals surface area contributed by atoms with E-state index in [4.69, 9.17) is 9.47 Å². The van der Waals surface area contributed by atoms with E-state index in [1.807, 2.05) is 60.7 Å². The highest BCUT2D eigenvalue weighted by molar-refractivity contribution is 6.06. The van der Waals surface area contributed by atoms with Crippen LogP contribution in [-0.2, 0) is 6.42 Å². The maximum atomic E-state index is 13.6. The number of hydrogen-bond donors (Lipinski definition) is 2. The van der Waals surface area contributed by atoms with E-state index in [2.05, 4.69) is 26.5 Å². The highest BCUT2D eigenvalue weighted by Crippen LogP contribution is 2.31. The molecule has 2 amide bonds. The predicted molar refractivity (Wildman–Crippen MR) is 167 cm³/mol. The van der Waals surface area contributed by atoms with Gasteiger partial charge in [-0.25, -0.2) is 0 Å². The van der Waals surface area contributed by atoms with Crippen LogP contribution in [0, 0.1) is 0 Å². The Labute approximate surface area is 246 Å². The number of hydrogen-bond acceptors (Lipinski definition) is 6. The summed E-state index contributed by atoms with van der Waals surface area (Å²) in [5.74, 6) is 0.998. The van der Waals surface area contributed by atoms with Crippen LogP contribution in [0.2, 0.25) is 0 Å². The molecule has 1 saturated heterocycles. The van der Waals surface area contributed by atoms with Gasteiger partial charge in [0, 0.05) is 49.7 Å². The summed E-state index contributed by atoms with van der Waals surface area (Å²) in [6.45, 7) is 3.54. The molecule has 8 nitrogen and oxygen atoms in total. The molecule has 0 bridgehead atoms. The molecular formula is C34H36N4O4. The smallest absolute Gasteiger partial charge is 0.255 e. The molecule has 1 aliphatic rings. The Hall–Kier alpha value is -4.98. The topological polar surface area (TPSA) is 83.1 Å². The number of rotatable bonds is 10. The van der Waals surface area contributed by atoms with Gasteiger partial charge < -0.3 is 29.9 Å². The summed E-state index contributed by atoms with van der Waals surface area (Å²) in [7, 11) is 3.25. The number of nitrogens with zero attached hydrogens (tertiary/aromatic N) is 2. The predicted octanol–water partition coefficient (Wildman–Crippen LogP) is 5.26. The summed E-state index contributed by atoms with van der Waals surface area (Å²) >= 11 is 0. The lowest BCUT2D eigenvalue weighted by atomic mass is 10.1. The van der Waals surface area contributed by atoms with Gasteiger partial charge in [0.05, 0.1) is 25.5 Å². The van der Waals surface area contributed by atoms with E-state index >= 15 is 0 Å². The zero-order valence-electron chi connectivity index (χ0n) is 24.0. The molecule has 2 N–H and O–H groups in total. The van der Waals surface area contributed by atoms with E-state index in [1.165, 1.54) is 0 Å². The largest absolute Gasteiger partial charge is 0.497 e. The van der Waals surface area contributed by atoms with Crippen molar-refractivity contribution >= 4 is 28.9 Å². The fourth-order valence-corrected chi connectivity index (χ4v) is 5.18. The van der Waals surface area contributed by atoms with E-state index < -0.39 is 0 Å². The van der Waals surface area contributed by atoms with Crippen molar-refractivity contribution in [3.05, 3.63) is 114 Å². The van der Waals surface area contributed by atoms with Crippen molar-refractivity contribution in [3.63, 3.8) is 0 Å². The van der Waals surface area contributed by atoms with Gasteiger partial charge in [-0.3, -0.25) is 9.59 Å². The third kappa shape index (κ3) is 6.83. The van der Waals surface area contributed by atoms with E-state index in [-0.39, 0.29) is 11.8 Å². The first-order valence-corrected chi connectivity index (χ1v) is 14.1. The lowest BCUT2D eigenvalue weighted by Crippen LogP contribution is -2.47. The number of ether oxygens (including phenoxy) is 2. The molecule has 0 saturated carbocycles. The standard InChI is InChI=1S/C34H36N4O4/c1-41-28-12-8-11-26(23-28)33(39)36-27-15-16-30(29(24-27)34(40)35-18-17-25-9-4-3-5-10-25)37-19-21-38(22-20-37)31-13-6-7-14-32(31)42-2/h3-16,23-24H,17-22H2,1-2H3,(H,35,40)(H,36,39). The fourth-order valence-electron chi connectivity index (χ4n) is 5.18. The molecule has 1 aliphatic heterocycles. The van der Waals surface area contributed by atoms with Crippen LogP contribution < -0.4 is 29.9 Å². The molecule has 0 atom stereocenters. The molecule has 8 heteroatoms. The van der Waals surface area contributed by atoms with Crippen LogP contribution in [0.15, 0.2) is 97.1 Å². The minimum absolute atomic E-state index is 0.175. The fraction of sp³-hybridized carbons (Fsp3) is 0.235. The summed E-state index contributed by atoms with van der Waals surface area (Å²) in [6.07, 6.45) is 0.728. The van der Waals surface area contributed by atoms with Crippen LogP contribution in [0.25, 0.3) is 0 Å². The number of piperazine rings is 1. The Morgan fingerprint density at radius 3 is 2.17 bits per heavy atom. The Morgan fingerprint density at radius 2 is 1.43 bits per heavy atom. The van der Waals surface area contributed by atoms with E-state index in [0.29, 0.717) is 29.1 Å². The molecule has 0 aliphatic carbocycles. The molecule has 0 spiro atoms. The maximum absolute atomic E-state index is 13.6. The third-order valence-corrected chi connectivity index (χ3v) is 7.42. The van der Waals surface area contributed by atoms with Gasteiger partial charge in [-0.2, -0.15) is 0 Å². The van der Waals surface area contributed by atoms with Crippen molar-refractivity contribution in [2.24, 2.45) is 0 Å². The number of carbonyl (C=O) groups excluding carboxylic acids is 2. The van der Waals surface area contributed by atoms with Crippen LogP contribution in [0.1, 0.15) is 26.3 Å². The Kier molecular flexibility index (Phi) is 9.23. The Bertz CT molecular complexity index is 1520. The van der Waals surface area contributed by atoms with Crippen molar-refractivity contribution in [1.29, 1.82) is 0 Å². The highest BCUT2D eigenvalue weighted by atomic mass is 16.5. The molecule has 0 aromatic heterocycles. The van der Waals surface area contributed by atoms with Crippen LogP contribution in [0.4, 0.5) is 17.1 Å². The monoisotopic (exact) mass is 564 g/mol. The van der Waals surface area contributed by atoms with Crippen LogP contribution in [0.5, 0.6) is 11.5 Å². The van der Waals surface area contributed by atoms with Gasteiger partial charge in [-0.1, -0.05) is 48.5 Å². The Morgan fingerprint density at radius 1 is 0.714 bits per heavy atom. The molecule has 216 valence electrons. The third-order valence-electron chi connectivity index (χ3n) is 7.42. The molecule has 1 fully saturated rings. The lowest BCUT2D eigenvalue weighted by Gasteiger charge is -2.38. The van der Waals surface area contributed by atoms with Crippen molar-refractivity contribution in [1.82, 2.24) is 5.32 Å². The first-order chi connectivity index (χ1) is 20.6. The molecule has 4 aromatic carbocycles. The minimum atomic E-state index is -0.275. The molecule has 5 rings (SSSR count). The number of nitrogens with one attached hydrogen (secondary N) is 2. The first-order valence-electron chi connectivity index (χ1n) is 14.1. The highest BCUT2D eigenvalue weighted by Gasteiger charge is 2.24. The zero-order valence-corrected chi connectivity index (χ0v) is 24.0. The number of methoxy groups -OCH3 is 2. The van der Waals surface area contributed by atoms with E-state index in [1.54, 1.807) is 44.6 Å². The number of benzene rings is 4. The first kappa shape index (κ1) is 28.5. The summed E-state index contributed by atoms with van der Waals surface area (Å²) in [5, 5.41) is 6.03. The van der Waals surface area contributed by atoms with E-state index in [9.17, 15) is 9.59 Å². The van der Waals surface area contributed by atoms with Crippen LogP contribution in [-0.4, -0.2) is 58.8 Å². The zero-order chi connectivity index (χ0) is 29.3. The van der Waals surface area contributed by atoms with Gasteiger partial charge >= 0.3 is 0 Å². The van der Waals surface area contributed by atoms with Gasteiger partial charge in [0.2, 0.25) is 0 Å². The second-order valence-corrected chi connectivity index (χ2v) is 10.1. The summed E-state index contributed by atoms with van der Waals surface area (Å²) < 4.78 is 10.8. The number of anilines is 3. The number of para-hydroxylation sites is 2. The van der Waals surface area contributed by atoms with Crippen molar-refractivity contribution in [2.45, 2.75) is 6.42 Å². The average molecular weight is 565 g/mol. The molecule has 4 aromatic rings. The van der Waals surface area contributed by atoms with Gasteiger partial charge in [0.25, 0.3) is 11.8 Å². The SMILES string of the molecule is COc1cccc(C(=O)Nc2ccc(N3CCN(c4ccccc4OC)CC3)c(C(=O)NCCc3ccccc3)c2)c1. The van der Waals surface area contributed by atoms with Crippen molar-refractivity contribution < 1.29 is 19.1 Å². The summed E-state index contributed by atoms with van der Waals surface area (Å²) in [4.78, 5) is 31.1. The summed E-state index contributed by atoms with van der Waals surface area (Å²) in [6, 6.07) is 30.6. The molecule has 42 heavy (non-hydrogen) atoms. The maximum Gasteiger partial charge on any atom is 0.255 e. The molecule has 0 radical (unpaired) electrons. The molecular weight excluding hydrogens is 528 g/mol.